The number of hydrogen-bond donors (Lipinski definition) is 3. The standard InChI is InChI=1S/C23H18N4O3S/c28-18-11-10-15(12-19(18)29)21-24-17-9-5-4-8-16(17)20-22(30-21)25-23(27-26-20)31-13-14-6-2-1-3-7-14/h1-12,21,24,28-29H,13H2/t21-/m0/s1. The molecule has 0 spiro atoms. The van der Waals surface area contributed by atoms with Crippen molar-refractivity contribution < 1.29 is 14.9 Å². The van der Waals surface area contributed by atoms with Crippen LogP contribution in [0.1, 0.15) is 17.4 Å². The molecule has 3 N–H and O–H groups in total. The number of hydrogen-bond acceptors (Lipinski definition) is 8. The Morgan fingerprint density at radius 1 is 0.903 bits per heavy atom. The largest absolute Gasteiger partial charge is 0.504 e. The number of phenolic OH excluding ortho intramolecular Hbond substituents is 2. The van der Waals surface area contributed by atoms with Crippen LogP contribution >= 0.6 is 11.8 Å². The van der Waals surface area contributed by atoms with Crippen LogP contribution in [0.3, 0.4) is 0 Å². The predicted octanol–water partition coefficient (Wildman–Crippen LogP) is 4.75. The van der Waals surface area contributed by atoms with Gasteiger partial charge in [-0.05, 0) is 29.8 Å². The van der Waals surface area contributed by atoms with Crippen molar-refractivity contribution in [3.63, 3.8) is 0 Å². The molecular formula is C23H18N4O3S. The highest BCUT2D eigenvalue weighted by molar-refractivity contribution is 7.98. The lowest BCUT2D eigenvalue weighted by molar-refractivity contribution is 0.224. The lowest BCUT2D eigenvalue weighted by Crippen LogP contribution is -2.17. The Bertz CT molecular complexity index is 1240. The summed E-state index contributed by atoms with van der Waals surface area (Å²) in [5.74, 6) is 0.647. The van der Waals surface area contributed by atoms with Crippen molar-refractivity contribution in [1.29, 1.82) is 0 Å². The first-order chi connectivity index (χ1) is 15.2. The van der Waals surface area contributed by atoms with Gasteiger partial charge in [-0.1, -0.05) is 60.3 Å². The van der Waals surface area contributed by atoms with E-state index >= 15 is 0 Å². The number of phenols is 2. The summed E-state index contributed by atoms with van der Waals surface area (Å²) in [5, 5.41) is 32.1. The summed E-state index contributed by atoms with van der Waals surface area (Å²) in [6.45, 7) is 0. The maximum atomic E-state index is 9.94. The third-order valence-corrected chi connectivity index (χ3v) is 5.76. The maximum Gasteiger partial charge on any atom is 0.247 e. The zero-order valence-corrected chi connectivity index (χ0v) is 17.1. The molecule has 0 fully saturated rings. The molecule has 0 bridgehead atoms. The molecule has 0 saturated carbocycles. The number of rotatable bonds is 4. The first-order valence-corrected chi connectivity index (χ1v) is 10.6. The monoisotopic (exact) mass is 430 g/mol. The Morgan fingerprint density at radius 2 is 1.71 bits per heavy atom. The van der Waals surface area contributed by atoms with Crippen molar-refractivity contribution in [2.24, 2.45) is 0 Å². The maximum absolute atomic E-state index is 9.94. The number of thioether (sulfide) groups is 1. The predicted molar refractivity (Wildman–Crippen MR) is 118 cm³/mol. The Hall–Kier alpha value is -3.78. The van der Waals surface area contributed by atoms with Crippen molar-refractivity contribution in [2.75, 3.05) is 5.32 Å². The molecule has 8 heteroatoms. The molecule has 0 radical (unpaired) electrons. The Balaban J connectivity index is 1.51. The van der Waals surface area contributed by atoms with Crippen molar-refractivity contribution in [2.45, 2.75) is 17.1 Å². The van der Waals surface area contributed by atoms with Crippen molar-refractivity contribution in [3.8, 4) is 28.6 Å². The average molecular weight is 430 g/mol. The number of para-hydroxylation sites is 1. The number of aromatic hydroxyl groups is 2. The first-order valence-electron chi connectivity index (χ1n) is 9.63. The van der Waals surface area contributed by atoms with Gasteiger partial charge in [0.05, 0.1) is 0 Å². The average Bonchev–Trinajstić information content (AvgIpc) is 2.96. The summed E-state index contributed by atoms with van der Waals surface area (Å²) in [6, 6.07) is 22.3. The zero-order chi connectivity index (χ0) is 21.2. The van der Waals surface area contributed by atoms with E-state index in [4.69, 9.17) is 4.74 Å². The molecule has 1 aliphatic rings. The normalized spacial score (nSPS) is 14.5. The molecule has 1 aromatic heterocycles. The van der Waals surface area contributed by atoms with Gasteiger partial charge < -0.3 is 20.3 Å². The van der Waals surface area contributed by atoms with Crippen molar-refractivity contribution >= 4 is 17.4 Å². The minimum absolute atomic E-state index is 0.193. The summed E-state index contributed by atoms with van der Waals surface area (Å²) in [7, 11) is 0. The molecule has 0 amide bonds. The molecule has 1 aliphatic heterocycles. The fraction of sp³-hybridized carbons (Fsp3) is 0.0870. The van der Waals surface area contributed by atoms with Crippen LogP contribution in [0.4, 0.5) is 5.69 Å². The molecule has 154 valence electrons. The molecule has 2 heterocycles. The van der Waals surface area contributed by atoms with Gasteiger partial charge in [0, 0.05) is 22.6 Å². The molecule has 5 rings (SSSR count). The highest BCUT2D eigenvalue weighted by Crippen LogP contribution is 2.40. The van der Waals surface area contributed by atoms with Crippen LogP contribution < -0.4 is 10.1 Å². The third-order valence-electron chi connectivity index (χ3n) is 4.85. The number of aromatic nitrogens is 3. The Labute approximate surface area is 182 Å². The lowest BCUT2D eigenvalue weighted by atomic mass is 10.1. The highest BCUT2D eigenvalue weighted by atomic mass is 32.2. The van der Waals surface area contributed by atoms with Crippen LogP contribution in [0.2, 0.25) is 0 Å². The molecule has 0 saturated heterocycles. The van der Waals surface area contributed by atoms with Crippen molar-refractivity contribution in [1.82, 2.24) is 15.2 Å². The second-order valence-electron chi connectivity index (χ2n) is 6.96. The summed E-state index contributed by atoms with van der Waals surface area (Å²) in [5.41, 5.74) is 3.96. The summed E-state index contributed by atoms with van der Waals surface area (Å²) in [6.07, 6.45) is -0.641. The SMILES string of the molecule is Oc1ccc([C@H]2Nc3ccccc3-c3nnc(SCc4ccccc4)nc3O2)cc1O. The molecule has 3 aromatic carbocycles. The number of anilines is 1. The number of ether oxygens (including phenoxy) is 1. The minimum atomic E-state index is -0.641. The second kappa shape index (κ2) is 8.16. The smallest absolute Gasteiger partial charge is 0.247 e. The molecule has 7 nitrogen and oxygen atoms in total. The van der Waals surface area contributed by atoms with Crippen LogP contribution in [0.5, 0.6) is 17.4 Å². The van der Waals surface area contributed by atoms with E-state index in [-0.39, 0.29) is 11.5 Å². The van der Waals surface area contributed by atoms with E-state index in [9.17, 15) is 10.2 Å². The van der Waals surface area contributed by atoms with E-state index < -0.39 is 6.23 Å². The molecule has 0 unspecified atom stereocenters. The van der Waals surface area contributed by atoms with E-state index in [2.05, 4.69) is 20.5 Å². The van der Waals surface area contributed by atoms with Gasteiger partial charge in [-0.2, -0.15) is 4.98 Å². The number of nitrogens with one attached hydrogen (secondary N) is 1. The number of fused-ring (bicyclic) bond motifs is 3. The summed E-state index contributed by atoms with van der Waals surface area (Å²) >= 11 is 1.48. The molecule has 0 aliphatic carbocycles. The molecule has 31 heavy (non-hydrogen) atoms. The number of benzene rings is 3. The van der Waals surface area contributed by atoms with Crippen LogP contribution in [0, 0.1) is 0 Å². The van der Waals surface area contributed by atoms with Crippen LogP contribution in [-0.2, 0) is 5.75 Å². The van der Waals surface area contributed by atoms with Crippen LogP contribution in [0.25, 0.3) is 11.3 Å². The van der Waals surface area contributed by atoms with Crippen LogP contribution in [0.15, 0.2) is 78.0 Å². The van der Waals surface area contributed by atoms with Gasteiger partial charge >= 0.3 is 0 Å². The third kappa shape index (κ3) is 3.97. The highest BCUT2D eigenvalue weighted by Gasteiger charge is 2.26. The Morgan fingerprint density at radius 3 is 2.55 bits per heavy atom. The lowest BCUT2D eigenvalue weighted by Gasteiger charge is -2.19. The molecule has 4 aromatic rings. The van der Waals surface area contributed by atoms with Crippen LogP contribution in [-0.4, -0.2) is 25.4 Å². The van der Waals surface area contributed by atoms with E-state index in [0.29, 0.717) is 28.0 Å². The van der Waals surface area contributed by atoms with Gasteiger partial charge in [-0.3, -0.25) is 0 Å². The van der Waals surface area contributed by atoms with E-state index in [1.165, 1.54) is 23.9 Å². The van der Waals surface area contributed by atoms with E-state index in [1.807, 2.05) is 54.6 Å². The van der Waals surface area contributed by atoms with E-state index in [1.54, 1.807) is 6.07 Å². The molecule has 1 atom stereocenters. The number of nitrogens with zero attached hydrogens (tertiary/aromatic N) is 3. The fourth-order valence-electron chi connectivity index (χ4n) is 3.28. The molecular weight excluding hydrogens is 412 g/mol. The second-order valence-corrected chi connectivity index (χ2v) is 7.90. The quantitative estimate of drug-likeness (QED) is 0.315. The zero-order valence-electron chi connectivity index (χ0n) is 16.3. The van der Waals surface area contributed by atoms with E-state index in [0.717, 1.165) is 16.8 Å². The fourth-order valence-corrected chi connectivity index (χ4v) is 4.02. The van der Waals surface area contributed by atoms with Crippen molar-refractivity contribution in [3.05, 3.63) is 83.9 Å². The summed E-state index contributed by atoms with van der Waals surface area (Å²) < 4.78 is 6.18. The summed E-state index contributed by atoms with van der Waals surface area (Å²) in [4.78, 5) is 4.62. The minimum Gasteiger partial charge on any atom is -0.504 e. The van der Waals surface area contributed by atoms with Gasteiger partial charge in [0.15, 0.2) is 23.4 Å². The Kier molecular flexibility index (Phi) is 5.05. The van der Waals surface area contributed by atoms with Gasteiger partial charge in [-0.25, -0.2) is 0 Å². The topological polar surface area (TPSA) is 100 Å². The van der Waals surface area contributed by atoms with Gasteiger partial charge in [0.1, 0.15) is 0 Å². The van der Waals surface area contributed by atoms with Gasteiger partial charge in [0.25, 0.3) is 0 Å². The first kappa shape index (κ1) is 19.2. The van der Waals surface area contributed by atoms with Gasteiger partial charge in [0.2, 0.25) is 11.0 Å². The van der Waals surface area contributed by atoms with Gasteiger partial charge in [-0.15, -0.1) is 10.2 Å².